The van der Waals surface area contributed by atoms with Gasteiger partial charge in [0.25, 0.3) is 11.8 Å². The smallest absolute Gasteiger partial charge is 0.272 e. The SMILES string of the molecule is Cc1ccc(-c2noc(C)c2COc2ccc(C(=O)NC3CC(F)(F)C3)nn2)cn1. The molecule has 3 aromatic heterocycles. The Labute approximate surface area is 170 Å². The molecule has 10 heteroatoms. The number of hydrogen-bond acceptors (Lipinski definition) is 7. The van der Waals surface area contributed by atoms with Crippen LogP contribution in [0.5, 0.6) is 5.88 Å². The maximum absolute atomic E-state index is 12.9. The number of aromatic nitrogens is 4. The van der Waals surface area contributed by atoms with Crippen LogP contribution in [0.1, 0.15) is 40.3 Å². The maximum Gasteiger partial charge on any atom is 0.272 e. The Hall–Kier alpha value is -3.43. The summed E-state index contributed by atoms with van der Waals surface area (Å²) in [7, 11) is 0. The minimum atomic E-state index is -2.70. The van der Waals surface area contributed by atoms with Crippen molar-refractivity contribution in [2.24, 2.45) is 0 Å². The second kappa shape index (κ2) is 7.77. The van der Waals surface area contributed by atoms with Crippen molar-refractivity contribution in [1.29, 1.82) is 0 Å². The van der Waals surface area contributed by atoms with E-state index < -0.39 is 17.9 Å². The summed E-state index contributed by atoms with van der Waals surface area (Å²) in [4.78, 5) is 16.3. The van der Waals surface area contributed by atoms with Gasteiger partial charge in [0.05, 0.1) is 5.56 Å². The number of hydrogen-bond donors (Lipinski definition) is 1. The van der Waals surface area contributed by atoms with Crippen molar-refractivity contribution in [3.05, 3.63) is 53.2 Å². The van der Waals surface area contributed by atoms with Gasteiger partial charge in [0.2, 0.25) is 5.88 Å². The van der Waals surface area contributed by atoms with Crippen molar-refractivity contribution >= 4 is 5.91 Å². The number of halogens is 2. The predicted molar refractivity (Wildman–Crippen MR) is 101 cm³/mol. The summed E-state index contributed by atoms with van der Waals surface area (Å²) in [5, 5.41) is 14.3. The minimum Gasteiger partial charge on any atom is -0.472 e. The molecular formula is C20H19F2N5O3. The highest BCUT2D eigenvalue weighted by atomic mass is 19.3. The first-order chi connectivity index (χ1) is 14.3. The summed E-state index contributed by atoms with van der Waals surface area (Å²) in [5.41, 5.74) is 3.10. The van der Waals surface area contributed by atoms with E-state index in [1.807, 2.05) is 19.1 Å². The number of amides is 1. The molecule has 0 spiro atoms. The van der Waals surface area contributed by atoms with Crippen molar-refractivity contribution in [1.82, 2.24) is 25.7 Å². The maximum atomic E-state index is 12.9. The molecule has 0 radical (unpaired) electrons. The van der Waals surface area contributed by atoms with E-state index in [2.05, 4.69) is 25.7 Å². The molecule has 4 rings (SSSR count). The van der Waals surface area contributed by atoms with Gasteiger partial charge in [0.15, 0.2) is 5.69 Å². The Kier molecular flexibility index (Phi) is 5.15. The van der Waals surface area contributed by atoms with Gasteiger partial charge in [-0.3, -0.25) is 9.78 Å². The van der Waals surface area contributed by atoms with Crippen LogP contribution in [0.2, 0.25) is 0 Å². The first-order valence-corrected chi connectivity index (χ1v) is 9.34. The average molecular weight is 415 g/mol. The molecule has 0 aromatic carbocycles. The Bertz CT molecular complexity index is 1040. The zero-order chi connectivity index (χ0) is 21.3. The highest BCUT2D eigenvalue weighted by Gasteiger charge is 2.46. The summed E-state index contributed by atoms with van der Waals surface area (Å²) < 4.78 is 36.7. The van der Waals surface area contributed by atoms with Crippen LogP contribution in [-0.4, -0.2) is 38.2 Å². The Morgan fingerprint density at radius 2 is 2.03 bits per heavy atom. The molecule has 1 aliphatic carbocycles. The standard InChI is InChI=1S/C20H19F2N5O3/c1-11-3-4-13(9-23-11)18-15(12(2)30-27-18)10-29-17-6-5-16(25-26-17)19(28)24-14-7-20(21,22)8-14/h3-6,9,14H,7-8,10H2,1-2H3,(H,24,28). The van der Waals surface area contributed by atoms with Gasteiger partial charge in [-0.15, -0.1) is 10.2 Å². The molecule has 8 nitrogen and oxygen atoms in total. The van der Waals surface area contributed by atoms with Gasteiger partial charge in [0.1, 0.15) is 18.1 Å². The molecular weight excluding hydrogens is 396 g/mol. The lowest BCUT2D eigenvalue weighted by Crippen LogP contribution is -2.50. The van der Waals surface area contributed by atoms with Gasteiger partial charge in [-0.2, -0.15) is 0 Å². The number of nitrogens with one attached hydrogen (secondary N) is 1. The molecule has 1 saturated carbocycles. The molecule has 1 amide bonds. The molecule has 30 heavy (non-hydrogen) atoms. The van der Waals surface area contributed by atoms with Crippen molar-refractivity contribution in [2.45, 2.75) is 45.3 Å². The molecule has 1 aliphatic rings. The third-order valence-corrected chi connectivity index (χ3v) is 4.83. The van der Waals surface area contributed by atoms with Gasteiger partial charge in [-0.1, -0.05) is 5.16 Å². The zero-order valence-corrected chi connectivity index (χ0v) is 16.4. The lowest BCUT2D eigenvalue weighted by molar-refractivity contribution is -0.0901. The highest BCUT2D eigenvalue weighted by molar-refractivity contribution is 5.92. The number of pyridine rings is 1. The van der Waals surface area contributed by atoms with Gasteiger partial charge >= 0.3 is 0 Å². The fraction of sp³-hybridized carbons (Fsp3) is 0.350. The summed E-state index contributed by atoms with van der Waals surface area (Å²) in [6.07, 6.45) is 0.996. The van der Waals surface area contributed by atoms with Crippen molar-refractivity contribution < 1.29 is 22.8 Å². The van der Waals surface area contributed by atoms with Crippen LogP contribution in [0.15, 0.2) is 35.0 Å². The second-order valence-corrected chi connectivity index (χ2v) is 7.23. The summed E-state index contributed by atoms with van der Waals surface area (Å²) >= 11 is 0. The van der Waals surface area contributed by atoms with E-state index in [4.69, 9.17) is 9.26 Å². The van der Waals surface area contributed by atoms with Crippen LogP contribution in [0.4, 0.5) is 8.78 Å². The van der Waals surface area contributed by atoms with E-state index >= 15 is 0 Å². The van der Waals surface area contributed by atoms with Crippen LogP contribution in [0.25, 0.3) is 11.3 Å². The second-order valence-electron chi connectivity index (χ2n) is 7.23. The highest BCUT2D eigenvalue weighted by Crippen LogP contribution is 2.37. The van der Waals surface area contributed by atoms with E-state index in [-0.39, 0.29) is 31.0 Å². The normalized spacial score (nSPS) is 15.5. The molecule has 0 saturated heterocycles. The molecule has 0 aliphatic heterocycles. The molecule has 1 fully saturated rings. The third kappa shape index (κ3) is 4.27. The number of carbonyl (C=O) groups is 1. The number of nitrogens with zero attached hydrogens (tertiary/aromatic N) is 4. The summed E-state index contributed by atoms with van der Waals surface area (Å²) in [6, 6.07) is 6.15. The third-order valence-electron chi connectivity index (χ3n) is 4.83. The molecule has 0 atom stereocenters. The molecule has 0 unspecified atom stereocenters. The molecule has 3 aromatic rings. The van der Waals surface area contributed by atoms with Gasteiger partial charge < -0.3 is 14.6 Å². The van der Waals surface area contributed by atoms with E-state index in [1.165, 1.54) is 12.1 Å². The number of rotatable bonds is 6. The summed E-state index contributed by atoms with van der Waals surface area (Å²) in [5.74, 6) is -2.43. The van der Waals surface area contributed by atoms with Gasteiger partial charge in [-0.25, -0.2) is 8.78 Å². The molecule has 0 bridgehead atoms. The van der Waals surface area contributed by atoms with Crippen LogP contribution in [0.3, 0.4) is 0 Å². The fourth-order valence-corrected chi connectivity index (χ4v) is 3.08. The van der Waals surface area contributed by atoms with Crippen LogP contribution in [0, 0.1) is 13.8 Å². The van der Waals surface area contributed by atoms with Gasteiger partial charge in [-0.05, 0) is 32.0 Å². The van der Waals surface area contributed by atoms with Crippen molar-refractivity contribution in [3.8, 4) is 17.1 Å². The predicted octanol–water partition coefficient (Wildman–Crippen LogP) is 3.25. The minimum absolute atomic E-state index is 0.0325. The largest absolute Gasteiger partial charge is 0.472 e. The average Bonchev–Trinajstić information content (AvgIpc) is 3.06. The monoisotopic (exact) mass is 415 g/mol. The molecule has 156 valence electrons. The Balaban J connectivity index is 1.38. The molecule has 1 N–H and O–H groups in total. The van der Waals surface area contributed by atoms with E-state index in [0.717, 1.165) is 16.8 Å². The topological polar surface area (TPSA) is 103 Å². The fourth-order valence-electron chi connectivity index (χ4n) is 3.08. The van der Waals surface area contributed by atoms with E-state index in [1.54, 1.807) is 13.1 Å². The van der Waals surface area contributed by atoms with Gasteiger partial charge in [0, 0.05) is 42.4 Å². The van der Waals surface area contributed by atoms with Crippen LogP contribution < -0.4 is 10.1 Å². The van der Waals surface area contributed by atoms with Crippen molar-refractivity contribution in [2.75, 3.05) is 0 Å². The first-order valence-electron chi connectivity index (χ1n) is 9.34. The first kappa shape index (κ1) is 19.9. The Morgan fingerprint density at radius 3 is 2.67 bits per heavy atom. The summed E-state index contributed by atoms with van der Waals surface area (Å²) in [6.45, 7) is 3.81. The lowest BCUT2D eigenvalue weighted by Gasteiger charge is -2.35. The molecule has 3 heterocycles. The van der Waals surface area contributed by atoms with E-state index in [9.17, 15) is 13.6 Å². The Morgan fingerprint density at radius 1 is 1.23 bits per heavy atom. The zero-order valence-electron chi connectivity index (χ0n) is 16.4. The quantitative estimate of drug-likeness (QED) is 0.659. The number of aryl methyl sites for hydroxylation is 2. The number of carbonyl (C=O) groups excluding carboxylic acids is 1. The van der Waals surface area contributed by atoms with Crippen molar-refractivity contribution in [3.63, 3.8) is 0 Å². The van der Waals surface area contributed by atoms with Crippen LogP contribution in [-0.2, 0) is 6.61 Å². The lowest BCUT2D eigenvalue weighted by atomic mass is 9.88. The van der Waals surface area contributed by atoms with E-state index in [0.29, 0.717) is 11.5 Å². The number of alkyl halides is 2. The number of ether oxygens (including phenoxy) is 1. The van der Waals surface area contributed by atoms with Crippen LogP contribution >= 0.6 is 0 Å².